The molecule has 4 heteroatoms. The molecule has 1 aliphatic rings. The Kier molecular flexibility index (Phi) is 3.27. The van der Waals surface area contributed by atoms with Crippen LogP contribution < -0.4 is 0 Å². The van der Waals surface area contributed by atoms with Gasteiger partial charge in [0.25, 0.3) is 0 Å². The third kappa shape index (κ3) is 2.52. The number of imidazole rings is 1. The first-order chi connectivity index (χ1) is 8.70. The van der Waals surface area contributed by atoms with Gasteiger partial charge in [-0.3, -0.25) is 0 Å². The Morgan fingerprint density at radius 2 is 2.22 bits per heavy atom. The van der Waals surface area contributed by atoms with Gasteiger partial charge >= 0.3 is 0 Å². The molecule has 0 fully saturated rings. The summed E-state index contributed by atoms with van der Waals surface area (Å²) in [6, 6.07) is 6.27. The Balaban J connectivity index is 1.75. The molecule has 0 saturated heterocycles. The monoisotopic (exact) mass is 278 g/mol. The highest BCUT2D eigenvalue weighted by Crippen LogP contribution is 2.29. The van der Waals surface area contributed by atoms with Gasteiger partial charge in [-0.1, -0.05) is 17.7 Å². The van der Waals surface area contributed by atoms with E-state index in [1.165, 1.54) is 23.2 Å². The Hall–Kier alpha value is -1.06. The zero-order chi connectivity index (χ0) is 12.5. The predicted molar refractivity (Wildman–Crippen MR) is 76.6 cm³/mol. The minimum Gasteiger partial charge on any atom is -0.337 e. The number of aromatic amines is 2. The zero-order valence-electron chi connectivity index (χ0n) is 10.0. The van der Waals surface area contributed by atoms with Gasteiger partial charge in [-0.05, 0) is 67.1 Å². The van der Waals surface area contributed by atoms with E-state index in [-0.39, 0.29) is 0 Å². The summed E-state index contributed by atoms with van der Waals surface area (Å²) in [6.45, 7) is 0. The van der Waals surface area contributed by atoms with E-state index in [4.69, 9.17) is 23.8 Å². The molecule has 0 amide bonds. The van der Waals surface area contributed by atoms with Crippen molar-refractivity contribution in [2.45, 2.75) is 25.7 Å². The fourth-order valence-electron chi connectivity index (χ4n) is 2.76. The van der Waals surface area contributed by atoms with Crippen molar-refractivity contribution in [2.24, 2.45) is 5.92 Å². The second-order valence-electron chi connectivity index (χ2n) is 4.99. The lowest BCUT2D eigenvalue weighted by Crippen LogP contribution is -2.16. The molecule has 1 aromatic heterocycles. The highest BCUT2D eigenvalue weighted by atomic mass is 35.5. The molecule has 0 bridgehead atoms. The minimum atomic E-state index is 0.695. The second-order valence-corrected chi connectivity index (χ2v) is 5.84. The Bertz CT molecular complexity index is 614. The molecule has 1 atom stereocenters. The summed E-state index contributed by atoms with van der Waals surface area (Å²) in [5.41, 5.74) is 4.08. The summed E-state index contributed by atoms with van der Waals surface area (Å²) in [7, 11) is 0. The van der Waals surface area contributed by atoms with E-state index in [1.54, 1.807) is 0 Å². The number of H-pyrrole nitrogens is 2. The van der Waals surface area contributed by atoms with Crippen molar-refractivity contribution in [3.05, 3.63) is 51.0 Å². The first kappa shape index (κ1) is 12.0. The number of fused-ring (bicyclic) bond motifs is 1. The number of aromatic nitrogens is 2. The van der Waals surface area contributed by atoms with Gasteiger partial charge in [0.1, 0.15) is 0 Å². The maximum absolute atomic E-state index is 6.02. The molecule has 2 nitrogen and oxygen atoms in total. The van der Waals surface area contributed by atoms with E-state index in [9.17, 15) is 0 Å². The number of nitrogens with one attached hydrogen (secondary N) is 2. The van der Waals surface area contributed by atoms with Crippen molar-refractivity contribution in [2.75, 3.05) is 0 Å². The molecule has 0 spiro atoms. The van der Waals surface area contributed by atoms with Crippen LogP contribution in [0.5, 0.6) is 0 Å². The fourth-order valence-corrected chi connectivity index (χ4v) is 3.15. The number of benzene rings is 1. The van der Waals surface area contributed by atoms with Crippen LogP contribution in [-0.4, -0.2) is 9.97 Å². The Labute approximate surface area is 116 Å². The van der Waals surface area contributed by atoms with E-state index in [2.05, 4.69) is 22.1 Å². The van der Waals surface area contributed by atoms with Crippen molar-refractivity contribution < 1.29 is 0 Å². The van der Waals surface area contributed by atoms with Crippen molar-refractivity contribution in [1.82, 2.24) is 9.97 Å². The number of halogens is 1. The molecule has 1 unspecified atom stereocenters. The maximum Gasteiger partial charge on any atom is 0.174 e. The molecule has 1 aromatic carbocycles. The first-order valence-corrected chi connectivity index (χ1v) is 7.03. The van der Waals surface area contributed by atoms with Crippen molar-refractivity contribution in [1.29, 1.82) is 0 Å². The topological polar surface area (TPSA) is 31.6 Å². The molecule has 0 saturated carbocycles. The Morgan fingerprint density at radius 3 is 3.00 bits per heavy atom. The molecule has 18 heavy (non-hydrogen) atoms. The molecule has 2 N–H and O–H groups in total. The van der Waals surface area contributed by atoms with Gasteiger partial charge in [0.15, 0.2) is 4.77 Å². The lowest BCUT2D eigenvalue weighted by Gasteiger charge is -2.24. The molecular weight excluding hydrogens is 264 g/mol. The lowest BCUT2D eigenvalue weighted by molar-refractivity contribution is 0.452. The second kappa shape index (κ2) is 4.90. The standard InChI is InChI=1S/C14H15ClN2S/c15-12-4-3-10-5-9(1-2-11(10)7-12)6-13-8-16-14(18)17-13/h3-4,7-9H,1-2,5-6H2,(H2,16,17,18). The quantitative estimate of drug-likeness (QED) is 0.797. The molecule has 0 aliphatic heterocycles. The number of hydrogen-bond donors (Lipinski definition) is 2. The van der Waals surface area contributed by atoms with Gasteiger partial charge < -0.3 is 9.97 Å². The first-order valence-electron chi connectivity index (χ1n) is 6.24. The third-order valence-corrected chi connectivity index (χ3v) is 4.11. The zero-order valence-corrected chi connectivity index (χ0v) is 11.6. The average molecular weight is 279 g/mol. The summed E-state index contributed by atoms with van der Waals surface area (Å²) >= 11 is 11.1. The van der Waals surface area contributed by atoms with Crippen LogP contribution in [0.3, 0.4) is 0 Å². The fraction of sp³-hybridized carbons (Fsp3) is 0.357. The SMILES string of the molecule is S=c1[nH]cc(CC2CCc3cc(Cl)ccc3C2)[nH]1. The summed E-state index contributed by atoms with van der Waals surface area (Å²) in [5.74, 6) is 0.695. The average Bonchev–Trinajstić information content (AvgIpc) is 2.75. The van der Waals surface area contributed by atoms with E-state index < -0.39 is 0 Å². The molecular formula is C14H15ClN2S. The molecule has 1 heterocycles. The van der Waals surface area contributed by atoms with Gasteiger partial charge in [0, 0.05) is 16.9 Å². The molecule has 94 valence electrons. The number of rotatable bonds is 2. The highest BCUT2D eigenvalue weighted by Gasteiger charge is 2.19. The van der Waals surface area contributed by atoms with Crippen molar-refractivity contribution in [3.8, 4) is 0 Å². The number of hydrogen-bond acceptors (Lipinski definition) is 1. The van der Waals surface area contributed by atoms with E-state index in [0.29, 0.717) is 10.7 Å². The largest absolute Gasteiger partial charge is 0.337 e. The normalized spacial score (nSPS) is 18.6. The summed E-state index contributed by atoms with van der Waals surface area (Å²) in [6.07, 6.45) is 6.54. The van der Waals surface area contributed by atoms with Crippen LogP contribution in [0.1, 0.15) is 23.2 Å². The van der Waals surface area contributed by atoms with Crippen LogP contribution in [0.4, 0.5) is 0 Å². The molecule has 0 radical (unpaired) electrons. The van der Waals surface area contributed by atoms with E-state index in [0.717, 1.165) is 24.3 Å². The van der Waals surface area contributed by atoms with Gasteiger partial charge in [0.2, 0.25) is 0 Å². The summed E-state index contributed by atoms with van der Waals surface area (Å²) in [5, 5.41) is 0.849. The highest BCUT2D eigenvalue weighted by molar-refractivity contribution is 7.71. The smallest absolute Gasteiger partial charge is 0.174 e. The van der Waals surface area contributed by atoms with Crippen LogP contribution >= 0.6 is 23.8 Å². The summed E-state index contributed by atoms with van der Waals surface area (Å²) in [4.78, 5) is 6.22. The number of aryl methyl sites for hydroxylation is 1. The maximum atomic E-state index is 6.02. The lowest BCUT2D eigenvalue weighted by atomic mass is 9.82. The van der Waals surface area contributed by atoms with Crippen LogP contribution in [0, 0.1) is 10.7 Å². The molecule has 1 aliphatic carbocycles. The van der Waals surface area contributed by atoms with Gasteiger partial charge in [0.05, 0.1) is 0 Å². The van der Waals surface area contributed by atoms with E-state index in [1.807, 2.05) is 12.3 Å². The Morgan fingerprint density at radius 1 is 1.33 bits per heavy atom. The van der Waals surface area contributed by atoms with Crippen LogP contribution in [-0.2, 0) is 19.3 Å². The summed E-state index contributed by atoms with van der Waals surface area (Å²) < 4.78 is 0.716. The van der Waals surface area contributed by atoms with Crippen molar-refractivity contribution in [3.63, 3.8) is 0 Å². The van der Waals surface area contributed by atoms with Crippen molar-refractivity contribution >= 4 is 23.8 Å². The van der Waals surface area contributed by atoms with Crippen LogP contribution in [0.25, 0.3) is 0 Å². The van der Waals surface area contributed by atoms with Crippen LogP contribution in [0.2, 0.25) is 5.02 Å². The third-order valence-electron chi connectivity index (χ3n) is 3.66. The van der Waals surface area contributed by atoms with Gasteiger partial charge in [-0.2, -0.15) is 0 Å². The van der Waals surface area contributed by atoms with Gasteiger partial charge in [-0.25, -0.2) is 0 Å². The van der Waals surface area contributed by atoms with Gasteiger partial charge in [-0.15, -0.1) is 0 Å². The van der Waals surface area contributed by atoms with E-state index >= 15 is 0 Å². The molecule has 2 aromatic rings. The van der Waals surface area contributed by atoms with Crippen LogP contribution in [0.15, 0.2) is 24.4 Å². The predicted octanol–water partition coefficient (Wildman–Crippen LogP) is 4.07. The minimum absolute atomic E-state index is 0.695. The molecule has 3 rings (SSSR count).